The molecule has 238 valence electrons. The molecule has 0 radical (unpaired) electrons. The Morgan fingerprint density at radius 1 is 1.00 bits per heavy atom. The molecule has 1 aromatic carbocycles. The number of pyridine rings is 1. The average Bonchev–Trinajstić information content (AvgIpc) is 3.45. The Morgan fingerprint density at radius 3 is 2.18 bits per heavy atom. The molecule has 0 spiro atoms. The van der Waals surface area contributed by atoms with Crippen molar-refractivity contribution in [1.29, 1.82) is 0 Å². The number of carbonyl (C=O) groups is 1. The molecule has 1 saturated heterocycles. The summed E-state index contributed by atoms with van der Waals surface area (Å²) in [4.78, 5) is 21.6. The Bertz CT molecular complexity index is 1480. The number of benzene rings is 1. The summed E-state index contributed by atoms with van der Waals surface area (Å²) in [5.41, 5.74) is -0.173. The third-order valence-electron chi connectivity index (χ3n) is 8.57. The van der Waals surface area contributed by atoms with Crippen molar-refractivity contribution in [2.45, 2.75) is 90.0 Å². The summed E-state index contributed by atoms with van der Waals surface area (Å²) >= 11 is 0. The molecule has 13 heteroatoms. The molecule has 1 amide bonds. The predicted octanol–water partition coefficient (Wildman–Crippen LogP) is 8.07. The van der Waals surface area contributed by atoms with Gasteiger partial charge >= 0.3 is 18.4 Å². The highest BCUT2D eigenvalue weighted by Gasteiger charge is 2.43. The van der Waals surface area contributed by atoms with E-state index in [2.05, 4.69) is 10.00 Å². The lowest BCUT2D eigenvalue weighted by Crippen LogP contribution is -2.39. The first-order valence-corrected chi connectivity index (χ1v) is 14.7. The molecule has 2 aromatic heterocycles. The van der Waals surface area contributed by atoms with Crippen LogP contribution in [0, 0.1) is 6.92 Å². The van der Waals surface area contributed by atoms with Gasteiger partial charge in [0.2, 0.25) is 0 Å². The molecule has 7 nitrogen and oxygen atoms in total. The van der Waals surface area contributed by atoms with Gasteiger partial charge in [-0.15, -0.1) is 0 Å². The first kappa shape index (κ1) is 31.6. The van der Waals surface area contributed by atoms with E-state index < -0.39 is 41.7 Å². The highest BCUT2D eigenvalue weighted by Crippen LogP contribution is 2.42. The van der Waals surface area contributed by atoms with Gasteiger partial charge in [0.05, 0.1) is 29.4 Å². The van der Waals surface area contributed by atoms with Crippen LogP contribution in [-0.2, 0) is 30.7 Å². The highest BCUT2D eigenvalue weighted by atomic mass is 19.4. The molecule has 2 atom stereocenters. The summed E-state index contributed by atoms with van der Waals surface area (Å²) in [5.74, 6) is 0.687. The average molecular weight is 624 g/mol. The van der Waals surface area contributed by atoms with Crippen molar-refractivity contribution < 1.29 is 35.9 Å². The summed E-state index contributed by atoms with van der Waals surface area (Å²) < 4.78 is 88.6. The zero-order chi connectivity index (χ0) is 32.0. The van der Waals surface area contributed by atoms with Crippen molar-refractivity contribution in [2.24, 2.45) is 7.05 Å². The number of aryl methyl sites for hydroxylation is 2. The third kappa shape index (κ3) is 6.37. The zero-order valence-corrected chi connectivity index (χ0v) is 25.0. The van der Waals surface area contributed by atoms with Crippen LogP contribution in [0.1, 0.15) is 80.0 Å². The number of hydrogen-bond acceptors (Lipinski definition) is 5. The maximum Gasteiger partial charge on any atom is 0.416 e. The van der Waals surface area contributed by atoms with Gasteiger partial charge in [0.15, 0.2) is 0 Å². The molecule has 0 N–H and O–H groups in total. The van der Waals surface area contributed by atoms with Crippen LogP contribution in [0.25, 0.3) is 11.1 Å². The molecule has 2 aliphatic rings. The number of halogens is 6. The second-order valence-corrected chi connectivity index (χ2v) is 11.6. The van der Waals surface area contributed by atoms with Gasteiger partial charge in [-0.2, -0.15) is 31.4 Å². The number of carbonyl (C=O) groups excluding carboxylic acids is 1. The number of nitrogens with zero attached hydrogens (tertiary/aromatic N) is 5. The van der Waals surface area contributed by atoms with Gasteiger partial charge in [0.25, 0.3) is 0 Å². The number of cyclic esters (lactones) is 1. The van der Waals surface area contributed by atoms with Gasteiger partial charge in [-0.1, -0.05) is 19.3 Å². The molecule has 0 unspecified atom stereocenters. The fourth-order valence-electron chi connectivity index (χ4n) is 6.37. The third-order valence-corrected chi connectivity index (χ3v) is 8.57. The van der Waals surface area contributed by atoms with Crippen LogP contribution in [-0.4, -0.2) is 44.4 Å². The lowest BCUT2D eigenvalue weighted by atomic mass is 9.93. The highest BCUT2D eigenvalue weighted by molar-refractivity contribution is 5.72. The molecule has 2 fully saturated rings. The SMILES string of the molecule is CCN(c1ncc(-c2cn(C)nc2C)cc1CN1C(=O)O[C@H](c2cc(C(F)(F)F)cc(C(F)(F)F)c2)[C@@H]1C)C1CCCCC1. The second-order valence-electron chi connectivity index (χ2n) is 11.6. The topological polar surface area (TPSA) is 63.5 Å². The molecule has 1 aliphatic carbocycles. The molecule has 1 saturated carbocycles. The van der Waals surface area contributed by atoms with E-state index in [9.17, 15) is 31.1 Å². The fourth-order valence-corrected chi connectivity index (χ4v) is 6.37. The van der Waals surface area contributed by atoms with Gasteiger partial charge in [0.1, 0.15) is 11.9 Å². The molecule has 1 aliphatic heterocycles. The minimum atomic E-state index is -5.02. The van der Waals surface area contributed by atoms with E-state index in [0.29, 0.717) is 30.1 Å². The summed E-state index contributed by atoms with van der Waals surface area (Å²) in [5, 5.41) is 4.42. The molecule has 44 heavy (non-hydrogen) atoms. The smallest absolute Gasteiger partial charge is 0.416 e. The quantitative estimate of drug-likeness (QED) is 0.249. The summed E-state index contributed by atoms with van der Waals surface area (Å²) in [6.07, 6.45) is -3.22. The molecule has 5 rings (SSSR count). The number of amides is 1. The first-order chi connectivity index (χ1) is 20.7. The van der Waals surface area contributed by atoms with Crippen LogP contribution in [0.3, 0.4) is 0 Å². The van der Waals surface area contributed by atoms with Crippen molar-refractivity contribution in [2.75, 3.05) is 11.4 Å². The van der Waals surface area contributed by atoms with Crippen molar-refractivity contribution in [3.8, 4) is 11.1 Å². The Kier molecular flexibility index (Phi) is 8.60. The maximum absolute atomic E-state index is 13.6. The number of anilines is 1. The monoisotopic (exact) mass is 623 g/mol. The van der Waals surface area contributed by atoms with Gasteiger partial charge in [-0.25, -0.2) is 9.78 Å². The van der Waals surface area contributed by atoms with E-state index in [1.165, 1.54) is 4.90 Å². The Balaban J connectivity index is 1.53. The minimum absolute atomic E-state index is 0.000290. The lowest BCUT2D eigenvalue weighted by molar-refractivity contribution is -0.143. The van der Waals surface area contributed by atoms with Gasteiger partial charge in [-0.05, 0) is 63.4 Å². The van der Waals surface area contributed by atoms with Crippen LogP contribution >= 0.6 is 0 Å². The standard InChI is InChI=1S/C31H35F6N5O2/c1-5-41(25-9-7-6-8-10-25)28-22(11-21(15-38-28)26-17-40(4)39-18(26)2)16-42-19(3)27(44-29(42)43)20-12-23(30(32,33)34)14-24(13-20)31(35,36)37/h11-15,17,19,25,27H,5-10,16H2,1-4H3/t19-,27-/m0/s1. The van der Waals surface area contributed by atoms with Crippen LogP contribution in [0.4, 0.5) is 37.0 Å². The Hall–Kier alpha value is -3.77. The zero-order valence-electron chi connectivity index (χ0n) is 25.0. The second kappa shape index (κ2) is 12.0. The lowest BCUT2D eigenvalue weighted by Gasteiger charge is -2.36. The van der Waals surface area contributed by atoms with Gasteiger partial charge in [0, 0.05) is 48.7 Å². The summed E-state index contributed by atoms with van der Waals surface area (Å²) in [7, 11) is 1.81. The van der Waals surface area contributed by atoms with Crippen molar-refractivity contribution >= 4 is 11.9 Å². The van der Waals surface area contributed by atoms with E-state index in [4.69, 9.17) is 9.72 Å². The fraction of sp³-hybridized carbons (Fsp3) is 0.516. The minimum Gasteiger partial charge on any atom is -0.439 e. The molecule has 3 heterocycles. The van der Waals surface area contributed by atoms with Crippen LogP contribution in [0.2, 0.25) is 0 Å². The van der Waals surface area contributed by atoms with Crippen LogP contribution in [0.15, 0.2) is 36.7 Å². The normalized spacial score (nSPS) is 19.9. The summed E-state index contributed by atoms with van der Waals surface area (Å²) in [6.45, 7) is 6.14. The predicted molar refractivity (Wildman–Crippen MR) is 152 cm³/mol. The van der Waals surface area contributed by atoms with Gasteiger partial charge in [-0.3, -0.25) is 9.58 Å². The van der Waals surface area contributed by atoms with E-state index in [-0.39, 0.29) is 24.2 Å². The van der Waals surface area contributed by atoms with E-state index in [0.717, 1.165) is 48.9 Å². The molecular weight excluding hydrogens is 588 g/mol. The molecule has 3 aromatic rings. The number of rotatable bonds is 7. The summed E-state index contributed by atoms with van der Waals surface area (Å²) in [6, 6.07) is 2.62. The van der Waals surface area contributed by atoms with E-state index >= 15 is 0 Å². The molecular formula is C31H35F6N5O2. The van der Waals surface area contributed by atoms with Crippen LogP contribution < -0.4 is 4.90 Å². The van der Waals surface area contributed by atoms with Crippen molar-refractivity contribution in [3.05, 3.63) is 64.6 Å². The number of alkyl halides is 6. The number of hydrogen-bond donors (Lipinski definition) is 0. The van der Waals surface area contributed by atoms with Crippen molar-refractivity contribution in [1.82, 2.24) is 19.7 Å². The first-order valence-electron chi connectivity index (χ1n) is 14.7. The Morgan fingerprint density at radius 2 is 1.64 bits per heavy atom. The largest absolute Gasteiger partial charge is 0.439 e. The molecule has 0 bridgehead atoms. The number of aromatic nitrogens is 3. The van der Waals surface area contributed by atoms with Crippen LogP contribution in [0.5, 0.6) is 0 Å². The number of ether oxygens (including phenoxy) is 1. The maximum atomic E-state index is 13.6. The van der Waals surface area contributed by atoms with E-state index in [1.807, 2.05) is 26.1 Å². The Labute approximate surface area is 251 Å². The van der Waals surface area contributed by atoms with E-state index in [1.54, 1.807) is 24.9 Å². The van der Waals surface area contributed by atoms with Crippen molar-refractivity contribution in [3.63, 3.8) is 0 Å². The van der Waals surface area contributed by atoms with Gasteiger partial charge < -0.3 is 9.64 Å².